The summed E-state index contributed by atoms with van der Waals surface area (Å²) in [6.07, 6.45) is 0. The molecular weight excluding hydrogens is 361 g/mol. The van der Waals surface area contributed by atoms with E-state index >= 15 is 0 Å². The molecule has 2 nitrogen and oxygen atoms in total. The van der Waals surface area contributed by atoms with Gasteiger partial charge in [0, 0.05) is 0 Å². The Balaban J connectivity index is 1.84. The summed E-state index contributed by atoms with van der Waals surface area (Å²) in [5, 5.41) is 0. The number of para-hydroxylation sites is 1. The maximum absolute atomic E-state index is 13.2. The Morgan fingerprint density at radius 3 is 1.88 bits per heavy atom. The van der Waals surface area contributed by atoms with E-state index in [2.05, 4.69) is 24.3 Å². The summed E-state index contributed by atoms with van der Waals surface area (Å²) < 4.78 is 3.04. The number of benzene rings is 3. The molecule has 0 radical (unpaired) electrons. The molecule has 0 spiro atoms. The van der Waals surface area contributed by atoms with E-state index in [1.165, 1.54) is 0 Å². The van der Waals surface area contributed by atoms with E-state index in [-0.39, 0.29) is 25.7 Å². The molecule has 3 aromatic carbocycles. The number of hydrogen-bond acceptors (Lipinski definition) is 1. The summed E-state index contributed by atoms with van der Waals surface area (Å²) in [5.41, 5.74) is 3.18. The Kier molecular flexibility index (Phi) is 4.12. The van der Waals surface area contributed by atoms with Gasteiger partial charge in [0.2, 0.25) is 0 Å². The van der Waals surface area contributed by atoms with E-state index in [1.807, 2.05) is 71.3 Å². The first kappa shape index (κ1) is 15.1. The van der Waals surface area contributed by atoms with Crippen molar-refractivity contribution in [2.75, 3.05) is 0 Å². The Morgan fingerprint density at radius 1 is 0.708 bits per heavy atom. The van der Waals surface area contributed by atoms with Gasteiger partial charge in [-0.1, -0.05) is 0 Å². The van der Waals surface area contributed by atoms with E-state index in [0.717, 1.165) is 21.4 Å². The fourth-order valence-electron chi connectivity index (χ4n) is 2.87. The van der Waals surface area contributed by atoms with E-state index in [0.29, 0.717) is 0 Å². The summed E-state index contributed by atoms with van der Waals surface area (Å²) in [7, 11) is 0. The zero-order chi connectivity index (χ0) is 16.4. The third-order valence-electron chi connectivity index (χ3n) is 4.01. The van der Waals surface area contributed by atoms with Crippen molar-refractivity contribution in [2.24, 2.45) is 0 Å². The molecule has 0 aliphatic carbocycles. The number of carbonyl (C=O) groups excluding carboxylic acids is 1. The van der Waals surface area contributed by atoms with Crippen LogP contribution in [0.4, 0.5) is 5.69 Å². The molecule has 3 aromatic rings. The van der Waals surface area contributed by atoms with Crippen molar-refractivity contribution < 1.29 is 9.37 Å². The minimum absolute atomic E-state index is 0.0512. The van der Waals surface area contributed by atoms with Crippen LogP contribution in [-0.4, -0.2) is 30.0 Å². The molecule has 1 amide bonds. The van der Waals surface area contributed by atoms with Crippen LogP contribution in [0, 0.1) is 0 Å². The van der Waals surface area contributed by atoms with E-state index in [4.69, 9.17) is 0 Å². The van der Waals surface area contributed by atoms with Crippen LogP contribution in [0.1, 0.15) is 15.9 Å². The summed E-state index contributed by atoms with van der Waals surface area (Å²) in [6, 6.07) is 30.3. The van der Waals surface area contributed by atoms with Crippen LogP contribution in [-0.2, 0) is 4.79 Å². The number of carbonyl (C=O) groups is 1. The number of rotatable bonds is 3. The first-order valence-corrected chi connectivity index (χ1v) is 9.72. The molecule has 0 N–H and O–H groups in total. The Morgan fingerprint density at radius 2 is 1.25 bits per heavy atom. The van der Waals surface area contributed by atoms with Crippen molar-refractivity contribution in [3.05, 3.63) is 102 Å². The van der Waals surface area contributed by atoms with Gasteiger partial charge < -0.3 is 0 Å². The fraction of sp³-hybridized carbons (Fsp3) is 0.0476. The molecular formula is C21H16NOSe+. The van der Waals surface area contributed by atoms with Gasteiger partial charge in [-0.3, -0.25) is 0 Å². The quantitative estimate of drug-likeness (QED) is 0.503. The molecule has 0 bridgehead atoms. The second-order valence-electron chi connectivity index (χ2n) is 5.59. The standard InChI is InChI=1S/C21H16NOSe/c23-20-19(16-10-4-1-5-11-16)24-21(17-12-6-2-7-13-17)22(20)18-14-8-3-9-15-18/h1-15,19H/q+1. The van der Waals surface area contributed by atoms with Gasteiger partial charge in [-0.2, -0.15) is 0 Å². The summed E-state index contributed by atoms with van der Waals surface area (Å²) in [6.45, 7) is 0. The van der Waals surface area contributed by atoms with Gasteiger partial charge in [-0.25, -0.2) is 0 Å². The Bertz CT molecular complexity index is 889. The van der Waals surface area contributed by atoms with Crippen molar-refractivity contribution in [3.8, 4) is 0 Å². The van der Waals surface area contributed by atoms with Crippen LogP contribution in [0.5, 0.6) is 0 Å². The van der Waals surface area contributed by atoms with Crippen LogP contribution in [0.2, 0.25) is 0 Å². The zero-order valence-corrected chi connectivity index (χ0v) is 14.7. The van der Waals surface area contributed by atoms with Crippen molar-refractivity contribution in [1.29, 1.82) is 0 Å². The first-order valence-electron chi connectivity index (χ1n) is 7.87. The third kappa shape index (κ3) is 2.73. The zero-order valence-electron chi connectivity index (χ0n) is 13.0. The molecule has 4 rings (SSSR count). The number of hydrogen-bond donors (Lipinski definition) is 0. The molecule has 1 atom stereocenters. The molecule has 1 heterocycles. The molecule has 1 aliphatic heterocycles. The SMILES string of the molecule is O=C1C(c2ccccc2)[Se]C(c2ccccc2)=[N+]1c1ccccc1. The van der Waals surface area contributed by atoms with Crippen molar-refractivity contribution in [2.45, 2.75) is 4.82 Å². The third-order valence-corrected chi connectivity index (χ3v) is 6.85. The second-order valence-corrected chi connectivity index (χ2v) is 7.88. The fourth-order valence-corrected chi connectivity index (χ4v) is 5.59. The average Bonchev–Trinajstić information content (AvgIpc) is 3.01. The van der Waals surface area contributed by atoms with Gasteiger partial charge >= 0.3 is 147 Å². The monoisotopic (exact) mass is 378 g/mol. The first-order chi connectivity index (χ1) is 11.8. The normalized spacial score (nSPS) is 17.3. The van der Waals surface area contributed by atoms with Gasteiger partial charge in [-0.05, 0) is 0 Å². The van der Waals surface area contributed by atoms with Crippen molar-refractivity contribution in [1.82, 2.24) is 0 Å². The molecule has 0 saturated heterocycles. The van der Waals surface area contributed by atoms with Crippen LogP contribution in [0.3, 0.4) is 0 Å². The topological polar surface area (TPSA) is 20.1 Å². The van der Waals surface area contributed by atoms with Crippen LogP contribution >= 0.6 is 0 Å². The van der Waals surface area contributed by atoms with Crippen LogP contribution in [0.25, 0.3) is 0 Å². The Labute approximate surface area is 147 Å². The maximum atomic E-state index is 13.2. The molecule has 1 unspecified atom stereocenters. The van der Waals surface area contributed by atoms with Gasteiger partial charge in [0.1, 0.15) is 0 Å². The van der Waals surface area contributed by atoms with Crippen LogP contribution < -0.4 is 0 Å². The van der Waals surface area contributed by atoms with Crippen molar-refractivity contribution >= 4 is 31.2 Å². The summed E-state index contributed by atoms with van der Waals surface area (Å²) >= 11 is 0.0512. The number of nitrogens with zero attached hydrogens (tertiary/aromatic N) is 1. The molecule has 0 fully saturated rings. The molecule has 116 valence electrons. The van der Waals surface area contributed by atoms with Crippen LogP contribution in [0.15, 0.2) is 91.0 Å². The molecule has 0 saturated carbocycles. The van der Waals surface area contributed by atoms with E-state index in [1.54, 1.807) is 0 Å². The minimum atomic E-state index is -0.0610. The average molecular weight is 377 g/mol. The predicted octanol–water partition coefficient (Wildman–Crippen LogP) is 3.76. The molecule has 0 aromatic heterocycles. The molecule has 1 aliphatic rings. The summed E-state index contributed by atoms with van der Waals surface area (Å²) in [5.74, 6) is 0.172. The molecule has 3 heteroatoms. The second kappa shape index (κ2) is 6.56. The summed E-state index contributed by atoms with van der Waals surface area (Å²) in [4.78, 5) is 13.1. The molecule has 24 heavy (non-hydrogen) atoms. The Hall–Kier alpha value is -2.48. The predicted molar refractivity (Wildman–Crippen MR) is 96.9 cm³/mol. The van der Waals surface area contributed by atoms with Gasteiger partial charge in [0.05, 0.1) is 0 Å². The number of amides is 1. The van der Waals surface area contributed by atoms with Gasteiger partial charge in [0.25, 0.3) is 0 Å². The van der Waals surface area contributed by atoms with E-state index < -0.39 is 0 Å². The van der Waals surface area contributed by atoms with Crippen molar-refractivity contribution in [3.63, 3.8) is 0 Å². The van der Waals surface area contributed by atoms with Gasteiger partial charge in [0.15, 0.2) is 0 Å². The van der Waals surface area contributed by atoms with Gasteiger partial charge in [-0.15, -0.1) is 0 Å². The van der Waals surface area contributed by atoms with E-state index in [9.17, 15) is 4.79 Å².